The number of hydrogen-bond donors (Lipinski definition) is 3. The number of amides is 2. The number of nitrogens with one attached hydrogen (secondary N) is 2. The smallest absolute Gasteiger partial charge is 0.319 e. The molecule has 0 aliphatic rings. The second-order valence-electron chi connectivity index (χ2n) is 4.95. The summed E-state index contributed by atoms with van der Waals surface area (Å²) < 4.78 is 18.3. The van der Waals surface area contributed by atoms with Crippen LogP contribution in [0.3, 0.4) is 0 Å². The molecule has 0 aliphatic heterocycles. The van der Waals surface area contributed by atoms with Crippen LogP contribution in [0.2, 0.25) is 0 Å². The molecule has 2 aromatic rings. The van der Waals surface area contributed by atoms with E-state index in [0.717, 1.165) is 5.56 Å². The van der Waals surface area contributed by atoms with Gasteiger partial charge in [0.25, 0.3) is 0 Å². The van der Waals surface area contributed by atoms with Gasteiger partial charge in [-0.15, -0.1) is 0 Å². The molecule has 3 N–H and O–H groups in total. The number of anilines is 1. The third-order valence-electron chi connectivity index (χ3n) is 3.30. The number of aliphatic hydroxyl groups excluding tert-OH is 1. The molecule has 0 fully saturated rings. The van der Waals surface area contributed by atoms with Crippen molar-refractivity contribution in [1.82, 2.24) is 5.32 Å². The average Bonchev–Trinajstić information content (AvgIpc) is 2.55. The summed E-state index contributed by atoms with van der Waals surface area (Å²) in [6.07, 6.45) is -0.260. The zero-order valence-corrected chi connectivity index (χ0v) is 12.8. The van der Waals surface area contributed by atoms with E-state index in [4.69, 9.17) is 4.74 Å². The summed E-state index contributed by atoms with van der Waals surface area (Å²) in [5, 5.41) is 15.1. The fourth-order valence-corrected chi connectivity index (χ4v) is 2.08. The minimum Gasteiger partial charge on any atom is -0.494 e. The van der Waals surface area contributed by atoms with Crippen molar-refractivity contribution in [3.05, 3.63) is 59.9 Å². The number of halogens is 1. The van der Waals surface area contributed by atoms with Gasteiger partial charge in [0.2, 0.25) is 0 Å². The van der Waals surface area contributed by atoms with Crippen molar-refractivity contribution in [1.29, 1.82) is 0 Å². The van der Waals surface area contributed by atoms with Gasteiger partial charge in [0.15, 0.2) is 11.6 Å². The molecule has 2 amide bonds. The van der Waals surface area contributed by atoms with Gasteiger partial charge < -0.3 is 20.5 Å². The number of benzene rings is 2. The normalized spacial score (nSPS) is 11.6. The molecule has 0 aliphatic carbocycles. The molecular weight excluding hydrogens is 299 g/mol. The lowest BCUT2D eigenvalue weighted by atomic mass is 10.1. The number of carbonyl (C=O) groups is 1. The Kier molecular flexibility index (Phi) is 5.94. The summed E-state index contributed by atoms with van der Waals surface area (Å²) in [4.78, 5) is 11.7. The van der Waals surface area contributed by atoms with E-state index in [9.17, 15) is 14.3 Å². The van der Waals surface area contributed by atoms with Crippen molar-refractivity contribution < 1.29 is 19.0 Å². The Morgan fingerprint density at radius 3 is 2.65 bits per heavy atom. The van der Waals surface area contributed by atoms with Gasteiger partial charge in [0, 0.05) is 18.3 Å². The topological polar surface area (TPSA) is 70.6 Å². The maximum atomic E-state index is 13.5. The van der Waals surface area contributed by atoms with Crippen LogP contribution in [0.15, 0.2) is 48.5 Å². The molecule has 0 bridgehead atoms. The predicted molar refractivity (Wildman–Crippen MR) is 86.0 cm³/mol. The van der Waals surface area contributed by atoms with E-state index in [-0.39, 0.29) is 5.75 Å². The molecule has 0 saturated carbocycles. The summed E-state index contributed by atoms with van der Waals surface area (Å²) >= 11 is 0. The third kappa shape index (κ3) is 4.96. The highest BCUT2D eigenvalue weighted by atomic mass is 19.1. The Morgan fingerprint density at radius 2 is 2.00 bits per heavy atom. The highest BCUT2D eigenvalue weighted by Gasteiger charge is 2.09. The van der Waals surface area contributed by atoms with Gasteiger partial charge in [-0.25, -0.2) is 9.18 Å². The van der Waals surface area contributed by atoms with Gasteiger partial charge in [-0.1, -0.05) is 30.3 Å². The van der Waals surface area contributed by atoms with Gasteiger partial charge >= 0.3 is 6.03 Å². The first-order chi connectivity index (χ1) is 11.1. The number of aliphatic hydroxyl groups is 1. The van der Waals surface area contributed by atoms with Crippen LogP contribution in [0, 0.1) is 5.82 Å². The minimum absolute atomic E-state index is 0.113. The Hall–Kier alpha value is -2.60. The molecule has 0 saturated heterocycles. The molecule has 23 heavy (non-hydrogen) atoms. The van der Waals surface area contributed by atoms with Gasteiger partial charge in [-0.05, 0) is 24.1 Å². The van der Waals surface area contributed by atoms with Gasteiger partial charge in [0.1, 0.15) is 0 Å². The molecule has 2 rings (SSSR count). The Morgan fingerprint density at radius 1 is 1.26 bits per heavy atom. The van der Waals surface area contributed by atoms with Crippen molar-refractivity contribution in [3.8, 4) is 5.75 Å². The van der Waals surface area contributed by atoms with Crippen molar-refractivity contribution in [3.63, 3.8) is 0 Å². The average molecular weight is 318 g/mol. The largest absolute Gasteiger partial charge is 0.494 e. The van der Waals surface area contributed by atoms with E-state index in [2.05, 4.69) is 10.6 Å². The van der Waals surface area contributed by atoms with E-state index >= 15 is 0 Å². The van der Waals surface area contributed by atoms with E-state index < -0.39 is 18.0 Å². The van der Waals surface area contributed by atoms with E-state index in [1.807, 2.05) is 30.3 Å². The molecule has 0 heterocycles. The van der Waals surface area contributed by atoms with Gasteiger partial charge in [-0.2, -0.15) is 0 Å². The molecule has 0 spiro atoms. The van der Waals surface area contributed by atoms with Crippen molar-refractivity contribution in [2.75, 3.05) is 19.0 Å². The molecule has 1 unspecified atom stereocenters. The standard InChI is InChI=1S/C17H19FN2O3/c1-23-16-8-7-13(11-14(16)18)20-17(22)19-10-9-15(21)12-5-3-2-4-6-12/h2-8,11,15,21H,9-10H2,1H3,(H2,19,20,22). The van der Waals surface area contributed by atoms with Gasteiger partial charge in [0.05, 0.1) is 13.2 Å². The Balaban J connectivity index is 1.78. The van der Waals surface area contributed by atoms with Crippen LogP contribution in [0.1, 0.15) is 18.1 Å². The van der Waals surface area contributed by atoms with Gasteiger partial charge in [-0.3, -0.25) is 0 Å². The van der Waals surface area contributed by atoms with Crippen LogP contribution in [-0.4, -0.2) is 24.8 Å². The van der Waals surface area contributed by atoms with E-state index in [1.54, 1.807) is 6.07 Å². The molecule has 6 heteroatoms. The molecule has 1 atom stereocenters. The second-order valence-corrected chi connectivity index (χ2v) is 4.95. The molecule has 2 aromatic carbocycles. The molecule has 0 radical (unpaired) electrons. The summed E-state index contributed by atoms with van der Waals surface area (Å²) in [7, 11) is 1.37. The first-order valence-corrected chi connectivity index (χ1v) is 7.21. The zero-order chi connectivity index (χ0) is 16.7. The summed E-state index contributed by atoms with van der Waals surface area (Å²) in [5.41, 5.74) is 1.12. The molecule has 0 aromatic heterocycles. The Bertz CT molecular complexity index is 650. The summed E-state index contributed by atoms with van der Waals surface area (Å²) in [6.45, 7) is 0.292. The number of carbonyl (C=O) groups excluding carboxylic acids is 1. The molecule has 122 valence electrons. The summed E-state index contributed by atoms with van der Waals surface area (Å²) in [6, 6.07) is 12.9. The predicted octanol–water partition coefficient (Wildman–Crippen LogP) is 3.08. The van der Waals surface area contributed by atoms with Crippen molar-refractivity contribution in [2.45, 2.75) is 12.5 Å². The maximum absolute atomic E-state index is 13.5. The number of urea groups is 1. The van der Waals surface area contributed by atoms with Crippen LogP contribution in [0.25, 0.3) is 0 Å². The highest BCUT2D eigenvalue weighted by Crippen LogP contribution is 2.20. The van der Waals surface area contributed by atoms with Crippen LogP contribution in [-0.2, 0) is 0 Å². The lowest BCUT2D eigenvalue weighted by Crippen LogP contribution is -2.30. The van der Waals surface area contributed by atoms with E-state index in [0.29, 0.717) is 18.7 Å². The van der Waals surface area contributed by atoms with Crippen molar-refractivity contribution in [2.24, 2.45) is 0 Å². The third-order valence-corrected chi connectivity index (χ3v) is 3.30. The monoisotopic (exact) mass is 318 g/mol. The fourth-order valence-electron chi connectivity index (χ4n) is 2.08. The summed E-state index contributed by atoms with van der Waals surface area (Å²) in [5.74, 6) is -0.438. The fraction of sp³-hybridized carbons (Fsp3) is 0.235. The van der Waals surface area contributed by atoms with Crippen LogP contribution >= 0.6 is 0 Å². The first-order valence-electron chi connectivity index (χ1n) is 7.21. The number of methoxy groups -OCH3 is 1. The number of rotatable bonds is 6. The quantitative estimate of drug-likeness (QED) is 0.766. The number of hydrogen-bond acceptors (Lipinski definition) is 3. The van der Waals surface area contributed by atoms with Crippen LogP contribution in [0.5, 0.6) is 5.75 Å². The zero-order valence-electron chi connectivity index (χ0n) is 12.8. The SMILES string of the molecule is COc1ccc(NC(=O)NCCC(O)c2ccccc2)cc1F. The number of ether oxygens (including phenoxy) is 1. The second kappa shape index (κ2) is 8.14. The van der Waals surface area contributed by atoms with E-state index in [1.165, 1.54) is 19.2 Å². The van der Waals surface area contributed by atoms with Crippen LogP contribution < -0.4 is 15.4 Å². The highest BCUT2D eigenvalue weighted by molar-refractivity contribution is 5.89. The Labute approximate surface area is 134 Å². The molecule has 5 nitrogen and oxygen atoms in total. The lowest BCUT2D eigenvalue weighted by molar-refractivity contribution is 0.167. The maximum Gasteiger partial charge on any atom is 0.319 e. The minimum atomic E-state index is -0.644. The lowest BCUT2D eigenvalue weighted by Gasteiger charge is -2.12. The molecular formula is C17H19FN2O3. The van der Waals surface area contributed by atoms with Crippen molar-refractivity contribution >= 4 is 11.7 Å². The first kappa shape index (κ1) is 16.8. The van der Waals surface area contributed by atoms with Crippen LogP contribution in [0.4, 0.5) is 14.9 Å².